The number of imide groups is 2. The normalized spacial score (nSPS) is 42.4. The Hall–Kier alpha value is -1.98. The van der Waals surface area contributed by atoms with Crippen molar-refractivity contribution in [3.8, 4) is 0 Å². The van der Waals surface area contributed by atoms with E-state index in [1.54, 1.807) is 0 Å². The van der Waals surface area contributed by atoms with Crippen LogP contribution < -0.4 is 0 Å². The summed E-state index contributed by atoms with van der Waals surface area (Å²) >= 11 is 0. The molecule has 6 nitrogen and oxygen atoms in total. The molecule has 6 heteroatoms. The Balaban J connectivity index is 1.34. The first-order valence-electron chi connectivity index (χ1n) is 9.32. The fourth-order valence-electron chi connectivity index (χ4n) is 6.06. The molecule has 0 N–H and O–H groups in total. The van der Waals surface area contributed by atoms with Crippen LogP contribution in [0.1, 0.15) is 32.1 Å². The highest BCUT2D eigenvalue weighted by atomic mass is 16.2. The van der Waals surface area contributed by atoms with Crippen LogP contribution >= 0.6 is 0 Å². The van der Waals surface area contributed by atoms with Crippen molar-refractivity contribution in [2.45, 2.75) is 32.1 Å². The van der Waals surface area contributed by atoms with Crippen molar-refractivity contribution in [2.24, 2.45) is 35.5 Å². The van der Waals surface area contributed by atoms with Crippen LogP contribution in [-0.4, -0.2) is 47.0 Å². The lowest BCUT2D eigenvalue weighted by Crippen LogP contribution is -2.36. The highest BCUT2D eigenvalue weighted by Gasteiger charge is 2.61. The minimum absolute atomic E-state index is 0.00355. The Kier molecular flexibility index (Phi) is 3.07. The van der Waals surface area contributed by atoms with Crippen molar-refractivity contribution in [3.63, 3.8) is 0 Å². The highest BCUT2D eigenvalue weighted by Crippen LogP contribution is 2.56. The monoisotopic (exact) mass is 342 g/mol. The van der Waals surface area contributed by atoms with Crippen molar-refractivity contribution in [2.75, 3.05) is 13.6 Å². The molecule has 6 unspecified atom stereocenters. The van der Waals surface area contributed by atoms with E-state index >= 15 is 0 Å². The predicted molar refractivity (Wildman–Crippen MR) is 86.6 cm³/mol. The first-order chi connectivity index (χ1) is 12.0. The summed E-state index contributed by atoms with van der Waals surface area (Å²) < 4.78 is 0. The quantitative estimate of drug-likeness (QED) is 0.554. The van der Waals surface area contributed by atoms with Crippen molar-refractivity contribution >= 4 is 23.6 Å². The number of carbonyl (C=O) groups excluding carboxylic acids is 4. The molecule has 2 aliphatic heterocycles. The number of hydrogen-bond acceptors (Lipinski definition) is 4. The Morgan fingerprint density at radius 1 is 0.920 bits per heavy atom. The highest BCUT2D eigenvalue weighted by molar-refractivity contribution is 6.07. The number of nitrogens with zero attached hydrogens (tertiary/aromatic N) is 2. The fraction of sp³-hybridized carbons (Fsp3) is 0.684. The van der Waals surface area contributed by atoms with E-state index < -0.39 is 0 Å². The molecule has 2 saturated heterocycles. The lowest BCUT2D eigenvalue weighted by atomic mass is 9.81. The van der Waals surface area contributed by atoms with E-state index in [0.717, 1.165) is 24.8 Å². The molecule has 0 aromatic heterocycles. The molecule has 2 saturated carbocycles. The van der Waals surface area contributed by atoms with E-state index in [4.69, 9.17) is 0 Å². The van der Waals surface area contributed by atoms with Crippen LogP contribution in [-0.2, 0) is 19.2 Å². The summed E-state index contributed by atoms with van der Waals surface area (Å²) in [5.74, 6) is -0.227. The van der Waals surface area contributed by atoms with E-state index in [9.17, 15) is 19.2 Å². The first kappa shape index (κ1) is 15.3. The lowest BCUT2D eigenvalue weighted by Gasteiger charge is -2.25. The summed E-state index contributed by atoms with van der Waals surface area (Å²) in [5, 5.41) is 0. The van der Waals surface area contributed by atoms with E-state index in [-0.39, 0.29) is 47.3 Å². The van der Waals surface area contributed by atoms with Crippen LogP contribution in [0, 0.1) is 35.5 Å². The molecule has 2 bridgehead atoms. The Labute approximate surface area is 146 Å². The van der Waals surface area contributed by atoms with Gasteiger partial charge in [0.1, 0.15) is 0 Å². The Morgan fingerprint density at radius 3 is 2.16 bits per heavy atom. The number of rotatable bonds is 2. The molecule has 0 spiro atoms. The molecule has 4 fully saturated rings. The summed E-state index contributed by atoms with van der Waals surface area (Å²) in [4.78, 5) is 52.6. The van der Waals surface area contributed by atoms with Crippen LogP contribution in [0.3, 0.4) is 0 Å². The van der Waals surface area contributed by atoms with Gasteiger partial charge in [0.05, 0.1) is 23.7 Å². The molecule has 5 aliphatic rings. The molecular formula is C19H22N2O4. The minimum atomic E-state index is -0.319. The number of likely N-dealkylation sites (tertiary alicyclic amines) is 2. The van der Waals surface area contributed by atoms with E-state index in [1.165, 1.54) is 16.8 Å². The second kappa shape index (κ2) is 5.02. The van der Waals surface area contributed by atoms with Gasteiger partial charge in [-0.15, -0.1) is 0 Å². The van der Waals surface area contributed by atoms with Gasteiger partial charge in [0.2, 0.25) is 23.6 Å². The second-order valence-electron chi connectivity index (χ2n) is 8.40. The standard InChI is InChI=1S/C19H22N2O4/c1-20-16(22)12-5-2-9(6-13(12)17(20)23)8-21-18(24)14-10-3-4-11(7-10)15(14)19(21)25/h2,10-15H,3-8H2,1H3. The molecule has 132 valence electrons. The van der Waals surface area contributed by atoms with Crippen LogP contribution in [0.2, 0.25) is 0 Å². The van der Waals surface area contributed by atoms with Crippen LogP contribution in [0.4, 0.5) is 0 Å². The smallest absolute Gasteiger partial charge is 0.233 e. The summed E-state index contributed by atoms with van der Waals surface area (Å²) in [6.45, 7) is 0.304. The minimum Gasteiger partial charge on any atom is -0.285 e. The zero-order valence-electron chi connectivity index (χ0n) is 14.3. The molecule has 4 amide bonds. The molecule has 2 heterocycles. The molecule has 0 aromatic rings. The number of fused-ring (bicyclic) bond motifs is 6. The van der Waals surface area contributed by atoms with Gasteiger partial charge < -0.3 is 0 Å². The van der Waals surface area contributed by atoms with Crippen LogP contribution in [0.5, 0.6) is 0 Å². The average Bonchev–Trinajstić information content (AvgIpc) is 3.33. The van der Waals surface area contributed by atoms with Gasteiger partial charge in [-0.3, -0.25) is 29.0 Å². The zero-order valence-corrected chi connectivity index (χ0v) is 14.3. The topological polar surface area (TPSA) is 74.8 Å². The Morgan fingerprint density at radius 2 is 1.52 bits per heavy atom. The van der Waals surface area contributed by atoms with Crippen molar-refractivity contribution in [3.05, 3.63) is 11.6 Å². The molecular weight excluding hydrogens is 320 g/mol. The molecule has 3 aliphatic carbocycles. The van der Waals surface area contributed by atoms with Gasteiger partial charge in [0, 0.05) is 13.6 Å². The Bertz CT molecular complexity index is 714. The number of hydrogen-bond donors (Lipinski definition) is 0. The third kappa shape index (κ3) is 1.91. The van der Waals surface area contributed by atoms with Gasteiger partial charge >= 0.3 is 0 Å². The summed E-state index contributed by atoms with van der Waals surface area (Å²) in [6.07, 6.45) is 6.18. The van der Waals surface area contributed by atoms with Gasteiger partial charge in [-0.25, -0.2) is 0 Å². The number of amides is 4. The number of carbonyl (C=O) groups is 4. The second-order valence-corrected chi connectivity index (χ2v) is 8.40. The van der Waals surface area contributed by atoms with E-state index in [0.29, 0.717) is 31.2 Å². The van der Waals surface area contributed by atoms with Gasteiger partial charge in [0.25, 0.3) is 0 Å². The molecule has 0 radical (unpaired) electrons. The molecule has 25 heavy (non-hydrogen) atoms. The lowest BCUT2D eigenvalue weighted by molar-refractivity contribution is -0.140. The maximum absolute atomic E-state index is 12.8. The maximum Gasteiger partial charge on any atom is 0.233 e. The van der Waals surface area contributed by atoms with E-state index in [1.807, 2.05) is 6.08 Å². The predicted octanol–water partition coefficient (Wildman–Crippen LogP) is 0.969. The van der Waals surface area contributed by atoms with Gasteiger partial charge in [0.15, 0.2) is 0 Å². The van der Waals surface area contributed by atoms with Gasteiger partial charge in [-0.2, -0.15) is 0 Å². The molecule has 5 rings (SSSR count). The molecule has 0 aromatic carbocycles. The number of allylic oxidation sites excluding steroid dienone is 1. The molecule has 6 atom stereocenters. The largest absolute Gasteiger partial charge is 0.285 e. The van der Waals surface area contributed by atoms with E-state index in [2.05, 4.69) is 0 Å². The average molecular weight is 342 g/mol. The van der Waals surface area contributed by atoms with Crippen LogP contribution in [0.15, 0.2) is 11.6 Å². The maximum atomic E-state index is 12.8. The third-order valence-corrected chi connectivity index (χ3v) is 7.30. The van der Waals surface area contributed by atoms with Crippen molar-refractivity contribution in [1.29, 1.82) is 0 Å². The third-order valence-electron chi connectivity index (χ3n) is 7.30. The summed E-state index contributed by atoms with van der Waals surface area (Å²) in [7, 11) is 1.53. The van der Waals surface area contributed by atoms with Crippen molar-refractivity contribution in [1.82, 2.24) is 9.80 Å². The zero-order chi connectivity index (χ0) is 17.5. The summed E-state index contributed by atoms with van der Waals surface area (Å²) in [6, 6.07) is 0. The fourth-order valence-corrected chi connectivity index (χ4v) is 6.06. The first-order valence-corrected chi connectivity index (χ1v) is 9.32. The van der Waals surface area contributed by atoms with Gasteiger partial charge in [-0.1, -0.05) is 11.6 Å². The van der Waals surface area contributed by atoms with Crippen LogP contribution in [0.25, 0.3) is 0 Å². The SMILES string of the molecule is CN1C(=O)C2CC=C(CN3C(=O)C4C5CCC(C5)C4C3=O)CC2C1=O. The van der Waals surface area contributed by atoms with Crippen molar-refractivity contribution < 1.29 is 19.2 Å². The van der Waals surface area contributed by atoms with Gasteiger partial charge in [-0.05, 0) is 43.9 Å². The summed E-state index contributed by atoms with van der Waals surface area (Å²) in [5.41, 5.74) is 0.951.